The van der Waals surface area contributed by atoms with Gasteiger partial charge in [-0.15, -0.1) is 0 Å². The minimum absolute atomic E-state index is 0.129. The molecule has 0 saturated carbocycles. The van der Waals surface area contributed by atoms with E-state index < -0.39 is 5.60 Å². The molecule has 0 bridgehead atoms. The van der Waals surface area contributed by atoms with Gasteiger partial charge in [-0.25, -0.2) is 4.98 Å². The topological polar surface area (TPSA) is 87.3 Å². The van der Waals surface area contributed by atoms with Crippen LogP contribution in [0.15, 0.2) is 42.5 Å². The zero-order valence-corrected chi connectivity index (χ0v) is 18.5. The number of benzene rings is 2. The molecule has 1 spiro atoms. The van der Waals surface area contributed by atoms with Gasteiger partial charge in [-0.05, 0) is 44.5 Å². The Bertz CT molecular complexity index is 1190. The van der Waals surface area contributed by atoms with Crippen LogP contribution < -0.4 is 10.1 Å². The lowest BCUT2D eigenvalue weighted by atomic mass is 9.82. The van der Waals surface area contributed by atoms with E-state index in [1.165, 1.54) is 0 Å². The monoisotopic (exact) mass is 432 g/mol. The standard InChI is InChI=1S/C25H28N4O3/c1-3-29-13-12-25(11-10-23(29)30)15-21(18-6-4-5-7-22(18)32-25)28-24(31)17-8-9-19-20(14-17)27-16(2)26-19/h4-9,14,21H,3,10-13,15H2,1-2H3,(H,26,27)(H,28,31)/t21-,25+/m1/s1. The van der Waals surface area contributed by atoms with Gasteiger partial charge >= 0.3 is 0 Å². The Morgan fingerprint density at radius 1 is 1.28 bits per heavy atom. The molecule has 1 fully saturated rings. The van der Waals surface area contributed by atoms with E-state index in [0.29, 0.717) is 37.9 Å². The maximum absolute atomic E-state index is 13.2. The fourth-order valence-electron chi connectivity index (χ4n) is 4.99. The second-order valence-corrected chi connectivity index (χ2v) is 8.83. The van der Waals surface area contributed by atoms with Crippen molar-refractivity contribution in [1.29, 1.82) is 0 Å². The van der Waals surface area contributed by atoms with Gasteiger partial charge in [0, 0.05) is 43.5 Å². The van der Waals surface area contributed by atoms with Crippen LogP contribution in [0.1, 0.15) is 60.4 Å². The molecule has 1 saturated heterocycles. The maximum atomic E-state index is 13.2. The number of H-pyrrole nitrogens is 1. The van der Waals surface area contributed by atoms with Gasteiger partial charge in [0.05, 0.1) is 17.1 Å². The summed E-state index contributed by atoms with van der Waals surface area (Å²) in [6.07, 6.45) is 2.52. The predicted octanol–water partition coefficient (Wildman–Crippen LogP) is 3.90. The zero-order chi connectivity index (χ0) is 22.3. The first kappa shape index (κ1) is 20.5. The Labute approximate surface area is 187 Å². The number of hydrogen-bond donors (Lipinski definition) is 2. The van der Waals surface area contributed by atoms with E-state index in [-0.39, 0.29) is 17.9 Å². The zero-order valence-electron chi connectivity index (χ0n) is 18.5. The van der Waals surface area contributed by atoms with E-state index in [9.17, 15) is 9.59 Å². The molecule has 2 aliphatic rings. The molecule has 3 aromatic rings. The van der Waals surface area contributed by atoms with E-state index in [2.05, 4.69) is 15.3 Å². The van der Waals surface area contributed by atoms with Crippen LogP contribution in [0.3, 0.4) is 0 Å². The summed E-state index contributed by atoms with van der Waals surface area (Å²) in [6, 6.07) is 13.2. The van der Waals surface area contributed by atoms with Crippen LogP contribution in [0, 0.1) is 6.92 Å². The highest BCUT2D eigenvalue weighted by molar-refractivity contribution is 5.97. The average Bonchev–Trinajstić information content (AvgIpc) is 3.10. The fraction of sp³-hybridized carbons (Fsp3) is 0.400. The van der Waals surface area contributed by atoms with Gasteiger partial charge in [-0.1, -0.05) is 18.2 Å². The van der Waals surface area contributed by atoms with Crippen molar-refractivity contribution in [2.24, 2.45) is 0 Å². The maximum Gasteiger partial charge on any atom is 0.251 e. The molecule has 5 rings (SSSR count). The molecule has 7 nitrogen and oxygen atoms in total. The number of aromatic nitrogens is 2. The number of ether oxygens (including phenoxy) is 1. The lowest BCUT2D eigenvalue weighted by Crippen LogP contribution is -2.46. The third-order valence-electron chi connectivity index (χ3n) is 6.73. The summed E-state index contributed by atoms with van der Waals surface area (Å²) in [5, 5.41) is 3.24. The molecular formula is C25H28N4O3. The van der Waals surface area contributed by atoms with Crippen molar-refractivity contribution in [2.45, 2.75) is 51.2 Å². The summed E-state index contributed by atoms with van der Waals surface area (Å²) < 4.78 is 6.52. The van der Waals surface area contributed by atoms with Crippen LogP contribution in [-0.2, 0) is 4.79 Å². The Kier molecular flexibility index (Phi) is 5.12. The number of para-hydroxylation sites is 1. The summed E-state index contributed by atoms with van der Waals surface area (Å²) in [6.45, 7) is 5.29. The van der Waals surface area contributed by atoms with Crippen molar-refractivity contribution in [3.8, 4) is 5.75 Å². The molecule has 2 atom stereocenters. The third-order valence-corrected chi connectivity index (χ3v) is 6.73. The lowest BCUT2D eigenvalue weighted by molar-refractivity contribution is -0.130. The van der Waals surface area contributed by atoms with Gasteiger partial charge in [-0.3, -0.25) is 9.59 Å². The van der Waals surface area contributed by atoms with Crippen LogP contribution in [0.4, 0.5) is 0 Å². The largest absolute Gasteiger partial charge is 0.487 e. The van der Waals surface area contributed by atoms with Crippen LogP contribution in [-0.4, -0.2) is 45.4 Å². The fourth-order valence-corrected chi connectivity index (χ4v) is 4.99. The number of aromatic amines is 1. The molecule has 32 heavy (non-hydrogen) atoms. The molecular weight excluding hydrogens is 404 g/mol. The van der Waals surface area contributed by atoms with Crippen molar-refractivity contribution in [2.75, 3.05) is 13.1 Å². The van der Waals surface area contributed by atoms with E-state index in [1.54, 1.807) is 0 Å². The highest BCUT2D eigenvalue weighted by Crippen LogP contribution is 2.44. The molecule has 0 radical (unpaired) electrons. The van der Waals surface area contributed by atoms with Crippen molar-refractivity contribution in [1.82, 2.24) is 20.2 Å². The number of nitrogens with one attached hydrogen (secondary N) is 2. The number of rotatable bonds is 3. The predicted molar refractivity (Wildman–Crippen MR) is 122 cm³/mol. The Morgan fingerprint density at radius 3 is 2.97 bits per heavy atom. The number of fused-ring (bicyclic) bond motifs is 2. The van der Waals surface area contributed by atoms with Crippen molar-refractivity contribution in [3.05, 3.63) is 59.4 Å². The highest BCUT2D eigenvalue weighted by atomic mass is 16.5. The number of carbonyl (C=O) groups is 2. The highest BCUT2D eigenvalue weighted by Gasteiger charge is 2.43. The Morgan fingerprint density at radius 2 is 2.12 bits per heavy atom. The SMILES string of the molecule is CCN1CC[C@@]2(CCC1=O)C[C@@H](NC(=O)c1ccc3nc(C)[nH]c3c1)c1ccccc1O2. The summed E-state index contributed by atoms with van der Waals surface area (Å²) in [7, 11) is 0. The molecule has 166 valence electrons. The number of nitrogens with zero attached hydrogens (tertiary/aromatic N) is 2. The van der Waals surface area contributed by atoms with E-state index in [4.69, 9.17) is 4.74 Å². The minimum atomic E-state index is -0.462. The molecule has 2 amide bonds. The first-order valence-electron chi connectivity index (χ1n) is 11.3. The number of amides is 2. The van der Waals surface area contributed by atoms with Crippen LogP contribution in [0.5, 0.6) is 5.75 Å². The smallest absolute Gasteiger partial charge is 0.251 e. The molecule has 3 heterocycles. The normalized spacial score (nSPS) is 23.0. The lowest BCUT2D eigenvalue weighted by Gasteiger charge is -2.42. The number of carbonyl (C=O) groups excluding carboxylic acids is 2. The second-order valence-electron chi connectivity index (χ2n) is 8.83. The van der Waals surface area contributed by atoms with E-state index in [1.807, 2.05) is 61.2 Å². The summed E-state index contributed by atoms with van der Waals surface area (Å²) >= 11 is 0. The molecule has 7 heteroatoms. The first-order valence-corrected chi connectivity index (χ1v) is 11.3. The van der Waals surface area contributed by atoms with Gasteiger partial charge in [0.2, 0.25) is 5.91 Å². The first-order chi connectivity index (χ1) is 15.5. The summed E-state index contributed by atoms with van der Waals surface area (Å²) in [5.74, 6) is 1.66. The Hall–Kier alpha value is -3.35. The van der Waals surface area contributed by atoms with E-state index in [0.717, 1.165) is 34.6 Å². The minimum Gasteiger partial charge on any atom is -0.487 e. The van der Waals surface area contributed by atoms with Crippen molar-refractivity contribution in [3.63, 3.8) is 0 Å². The van der Waals surface area contributed by atoms with Gasteiger partial charge in [-0.2, -0.15) is 0 Å². The molecule has 2 aromatic carbocycles. The van der Waals surface area contributed by atoms with E-state index >= 15 is 0 Å². The number of likely N-dealkylation sites (tertiary alicyclic amines) is 1. The van der Waals surface area contributed by atoms with Crippen LogP contribution >= 0.6 is 0 Å². The van der Waals surface area contributed by atoms with Gasteiger partial charge in [0.1, 0.15) is 17.2 Å². The summed E-state index contributed by atoms with van der Waals surface area (Å²) in [5.41, 5.74) is 2.80. The number of imidazole rings is 1. The quantitative estimate of drug-likeness (QED) is 0.657. The molecule has 2 N–H and O–H groups in total. The van der Waals surface area contributed by atoms with Crippen LogP contribution in [0.2, 0.25) is 0 Å². The van der Waals surface area contributed by atoms with Gasteiger partial charge < -0.3 is 19.9 Å². The molecule has 0 aliphatic carbocycles. The van der Waals surface area contributed by atoms with Crippen molar-refractivity contribution < 1.29 is 14.3 Å². The Balaban J connectivity index is 1.43. The average molecular weight is 433 g/mol. The molecule has 2 aliphatic heterocycles. The van der Waals surface area contributed by atoms with Crippen molar-refractivity contribution >= 4 is 22.8 Å². The van der Waals surface area contributed by atoms with Gasteiger partial charge in [0.25, 0.3) is 5.91 Å². The van der Waals surface area contributed by atoms with Gasteiger partial charge in [0.15, 0.2) is 0 Å². The number of aryl methyl sites for hydroxylation is 1. The van der Waals surface area contributed by atoms with Crippen LogP contribution in [0.25, 0.3) is 11.0 Å². The summed E-state index contributed by atoms with van der Waals surface area (Å²) in [4.78, 5) is 35.2. The number of hydrogen-bond acceptors (Lipinski definition) is 4. The second kappa shape index (κ2) is 7.97. The molecule has 0 unspecified atom stereocenters. The molecule has 1 aromatic heterocycles. The third kappa shape index (κ3) is 3.72.